The minimum Gasteiger partial charge on any atom is -0.403 e. The van der Waals surface area contributed by atoms with Crippen molar-refractivity contribution in [3.63, 3.8) is 0 Å². The molecule has 0 unspecified atom stereocenters. The molecule has 1 aromatic heterocycles. The zero-order valence-corrected chi connectivity index (χ0v) is 8.23. The molecule has 0 aliphatic carbocycles. The monoisotopic (exact) mass is 193 g/mol. The van der Waals surface area contributed by atoms with Gasteiger partial charge in [-0.15, -0.1) is 0 Å². The molecule has 6 heteroatoms. The Morgan fingerprint density at radius 1 is 1.43 bits per heavy atom. The molecule has 1 aliphatic heterocycles. The Hall–Kier alpha value is -1.14. The number of aromatic nitrogens is 2. The molecule has 0 bridgehead atoms. The van der Waals surface area contributed by atoms with Gasteiger partial charge in [0.15, 0.2) is 0 Å². The first-order chi connectivity index (χ1) is 6.57. The summed E-state index contributed by atoms with van der Waals surface area (Å²) < 4.78 is 11.0. The number of nitrogens with zero attached hydrogens (tertiary/aromatic N) is 2. The smallest absolute Gasteiger partial charge is 0.403 e. The van der Waals surface area contributed by atoms with Crippen molar-refractivity contribution in [2.75, 3.05) is 12.3 Å². The summed E-state index contributed by atoms with van der Waals surface area (Å²) in [6.45, 7) is 4.50. The molecule has 1 aliphatic rings. The highest BCUT2D eigenvalue weighted by Crippen LogP contribution is 2.18. The lowest BCUT2D eigenvalue weighted by atomic mass is 9.85. The first kappa shape index (κ1) is 9.42. The van der Waals surface area contributed by atoms with Gasteiger partial charge < -0.3 is 15.0 Å². The molecule has 0 spiro atoms. The van der Waals surface area contributed by atoms with Crippen molar-refractivity contribution in [1.82, 2.24) is 9.97 Å². The van der Waals surface area contributed by atoms with Crippen molar-refractivity contribution in [3.8, 4) is 0 Å². The standard InChI is InChI=1S/C8H12BN3O2/c1-8(2)5-13-9(14-8)6-3-12-7(10)4-11-6/h3-4H,5H2,1-2H3,(H2,10,12). The van der Waals surface area contributed by atoms with Gasteiger partial charge in [0.2, 0.25) is 0 Å². The second kappa shape index (κ2) is 3.22. The molecule has 5 nitrogen and oxygen atoms in total. The second-order valence-corrected chi connectivity index (χ2v) is 3.89. The average molecular weight is 193 g/mol. The van der Waals surface area contributed by atoms with Crippen LogP contribution < -0.4 is 11.3 Å². The normalized spacial score (nSPS) is 20.0. The van der Waals surface area contributed by atoms with E-state index in [1.54, 1.807) is 6.20 Å². The number of hydrogen-bond acceptors (Lipinski definition) is 5. The molecular formula is C8H12BN3O2. The number of hydrogen-bond donors (Lipinski definition) is 1. The van der Waals surface area contributed by atoms with Gasteiger partial charge in [0.25, 0.3) is 0 Å². The van der Waals surface area contributed by atoms with E-state index in [-0.39, 0.29) is 5.60 Å². The molecule has 2 N–H and O–H groups in total. The number of nitrogens with two attached hydrogens (primary N) is 1. The Balaban J connectivity index is 2.14. The Morgan fingerprint density at radius 2 is 2.21 bits per heavy atom. The zero-order valence-electron chi connectivity index (χ0n) is 8.23. The van der Waals surface area contributed by atoms with E-state index >= 15 is 0 Å². The van der Waals surface area contributed by atoms with Gasteiger partial charge in [0, 0.05) is 6.20 Å². The van der Waals surface area contributed by atoms with E-state index in [2.05, 4.69) is 9.97 Å². The van der Waals surface area contributed by atoms with E-state index in [0.29, 0.717) is 18.0 Å². The number of nitrogen functional groups attached to an aromatic ring is 1. The quantitative estimate of drug-likeness (QED) is 0.613. The molecule has 1 saturated heterocycles. The van der Waals surface area contributed by atoms with E-state index < -0.39 is 7.12 Å². The highest BCUT2D eigenvalue weighted by atomic mass is 16.7. The van der Waals surface area contributed by atoms with Crippen LogP contribution >= 0.6 is 0 Å². The van der Waals surface area contributed by atoms with E-state index in [4.69, 9.17) is 15.0 Å². The molecular weight excluding hydrogens is 181 g/mol. The molecule has 74 valence electrons. The third kappa shape index (κ3) is 1.86. The lowest BCUT2D eigenvalue weighted by Gasteiger charge is -2.15. The van der Waals surface area contributed by atoms with Crippen molar-refractivity contribution in [2.24, 2.45) is 0 Å². The van der Waals surface area contributed by atoms with Crippen LogP contribution in [0.15, 0.2) is 12.4 Å². The average Bonchev–Trinajstić information content (AvgIpc) is 2.47. The molecule has 1 aromatic rings. The summed E-state index contributed by atoms with van der Waals surface area (Å²) in [6.07, 6.45) is 3.06. The molecule has 0 atom stereocenters. The summed E-state index contributed by atoms with van der Waals surface area (Å²) in [7, 11) is -0.418. The van der Waals surface area contributed by atoms with Crippen molar-refractivity contribution < 1.29 is 9.31 Å². The summed E-state index contributed by atoms with van der Waals surface area (Å²) in [4.78, 5) is 8.02. The first-order valence-electron chi connectivity index (χ1n) is 4.44. The van der Waals surface area contributed by atoms with Gasteiger partial charge in [0.05, 0.1) is 24.0 Å². The largest absolute Gasteiger partial charge is 0.515 e. The van der Waals surface area contributed by atoms with Crippen molar-refractivity contribution in [1.29, 1.82) is 0 Å². The van der Waals surface area contributed by atoms with Crippen LogP contribution in [-0.4, -0.2) is 29.3 Å². The Bertz CT molecular complexity index is 328. The molecule has 1 fully saturated rings. The maximum atomic E-state index is 5.61. The highest BCUT2D eigenvalue weighted by molar-refractivity contribution is 6.60. The number of anilines is 1. The van der Waals surface area contributed by atoms with E-state index in [9.17, 15) is 0 Å². The summed E-state index contributed by atoms with van der Waals surface area (Å²) in [6, 6.07) is 0. The lowest BCUT2D eigenvalue weighted by molar-refractivity contribution is 0.137. The Kier molecular flexibility index (Phi) is 2.17. The van der Waals surface area contributed by atoms with Gasteiger partial charge in [-0.3, -0.25) is 4.98 Å². The predicted molar refractivity (Wildman–Crippen MR) is 52.9 cm³/mol. The maximum absolute atomic E-state index is 5.61. The van der Waals surface area contributed by atoms with E-state index in [0.717, 1.165) is 0 Å². The van der Waals surface area contributed by atoms with Crippen LogP contribution in [-0.2, 0) is 9.31 Å². The third-order valence-electron chi connectivity index (χ3n) is 1.94. The minimum absolute atomic E-state index is 0.256. The van der Waals surface area contributed by atoms with Gasteiger partial charge >= 0.3 is 7.12 Å². The molecule has 2 heterocycles. The first-order valence-corrected chi connectivity index (χ1v) is 4.44. The van der Waals surface area contributed by atoms with Crippen LogP contribution in [0.3, 0.4) is 0 Å². The van der Waals surface area contributed by atoms with Crippen molar-refractivity contribution >= 4 is 18.5 Å². The van der Waals surface area contributed by atoms with Crippen LogP contribution in [0.25, 0.3) is 0 Å². The zero-order chi connectivity index (χ0) is 10.2. The fourth-order valence-corrected chi connectivity index (χ4v) is 1.25. The Morgan fingerprint density at radius 3 is 2.71 bits per heavy atom. The van der Waals surface area contributed by atoms with Crippen molar-refractivity contribution in [2.45, 2.75) is 19.4 Å². The molecule has 0 saturated carbocycles. The predicted octanol–water partition coefficient (Wildman–Crippen LogP) is -0.421. The van der Waals surface area contributed by atoms with Crippen LogP contribution in [0.1, 0.15) is 13.8 Å². The molecule has 0 aromatic carbocycles. The van der Waals surface area contributed by atoms with Crippen molar-refractivity contribution in [3.05, 3.63) is 12.4 Å². The topological polar surface area (TPSA) is 70.3 Å². The van der Waals surface area contributed by atoms with E-state index in [1.807, 2.05) is 13.8 Å². The summed E-state index contributed by atoms with van der Waals surface area (Å²) in [5.74, 6) is 0.394. The molecule has 2 rings (SSSR count). The summed E-state index contributed by atoms with van der Waals surface area (Å²) in [5.41, 5.74) is 5.82. The van der Waals surface area contributed by atoms with Crippen LogP contribution in [0.4, 0.5) is 5.82 Å². The molecule has 0 radical (unpaired) electrons. The van der Waals surface area contributed by atoms with Gasteiger partial charge in [-0.1, -0.05) is 0 Å². The van der Waals surface area contributed by atoms with Gasteiger partial charge in [-0.25, -0.2) is 4.98 Å². The third-order valence-corrected chi connectivity index (χ3v) is 1.94. The van der Waals surface area contributed by atoms with Gasteiger partial charge in [-0.2, -0.15) is 0 Å². The summed E-state index contributed by atoms with van der Waals surface area (Å²) >= 11 is 0. The van der Waals surface area contributed by atoms with Gasteiger partial charge in [-0.05, 0) is 13.8 Å². The van der Waals surface area contributed by atoms with Gasteiger partial charge in [0.1, 0.15) is 5.82 Å². The van der Waals surface area contributed by atoms with Crippen LogP contribution in [0.5, 0.6) is 0 Å². The molecule has 0 amide bonds. The molecule has 14 heavy (non-hydrogen) atoms. The van der Waals surface area contributed by atoms with Crippen LogP contribution in [0, 0.1) is 0 Å². The highest BCUT2D eigenvalue weighted by Gasteiger charge is 2.39. The SMILES string of the molecule is CC1(C)COB(c2cnc(N)cn2)O1. The Labute approximate surface area is 82.8 Å². The number of rotatable bonds is 1. The minimum atomic E-state index is -0.418. The second-order valence-electron chi connectivity index (χ2n) is 3.89. The lowest BCUT2D eigenvalue weighted by Crippen LogP contribution is -2.36. The maximum Gasteiger partial charge on any atom is 0.515 e. The van der Waals surface area contributed by atoms with E-state index in [1.165, 1.54) is 6.20 Å². The summed E-state index contributed by atoms with van der Waals surface area (Å²) in [5, 5.41) is 0. The van der Waals surface area contributed by atoms with Crippen LogP contribution in [0.2, 0.25) is 0 Å². The fourth-order valence-electron chi connectivity index (χ4n) is 1.25. The fraction of sp³-hybridized carbons (Fsp3) is 0.500.